The number of nitrogens with zero attached hydrogens (tertiary/aromatic N) is 2. The number of aromatic nitrogens is 2. The summed E-state index contributed by atoms with van der Waals surface area (Å²) in [5.74, 6) is 0.343. The van der Waals surface area contributed by atoms with Crippen LogP contribution in [0.5, 0.6) is 5.75 Å². The van der Waals surface area contributed by atoms with Crippen LogP contribution in [-0.4, -0.2) is 22.6 Å². The van der Waals surface area contributed by atoms with E-state index in [1.54, 1.807) is 14.0 Å². The average Bonchev–Trinajstić information content (AvgIpc) is 2.69. The molecule has 144 valence electrons. The van der Waals surface area contributed by atoms with Crippen LogP contribution in [0.25, 0.3) is 11.4 Å². The van der Waals surface area contributed by atoms with Crippen molar-refractivity contribution in [3.8, 4) is 17.1 Å². The maximum Gasteiger partial charge on any atom is 0.254 e. The Hall–Kier alpha value is -3.48. The van der Waals surface area contributed by atoms with Crippen LogP contribution in [0.1, 0.15) is 11.3 Å². The fourth-order valence-electron chi connectivity index (χ4n) is 2.74. The molecule has 0 aliphatic carbocycles. The van der Waals surface area contributed by atoms with Gasteiger partial charge in [-0.3, -0.25) is 14.2 Å². The minimum atomic E-state index is -0.387. The third kappa shape index (κ3) is 4.62. The maximum atomic E-state index is 13.2. The molecule has 2 aromatic carbocycles. The number of nitrogens with one attached hydrogen (secondary N) is 1. The van der Waals surface area contributed by atoms with Crippen LogP contribution in [0.15, 0.2) is 59.4 Å². The Morgan fingerprint density at radius 2 is 1.82 bits per heavy atom. The number of carbonyl (C=O) groups is 1. The Balaban J connectivity index is 1.78. The summed E-state index contributed by atoms with van der Waals surface area (Å²) in [5, 5.41) is 2.79. The number of ether oxygens (including phenoxy) is 1. The number of methoxy groups -OCH3 is 1. The second kappa shape index (κ2) is 8.47. The van der Waals surface area contributed by atoms with E-state index in [1.165, 1.54) is 34.9 Å². The highest BCUT2D eigenvalue weighted by molar-refractivity contribution is 5.76. The van der Waals surface area contributed by atoms with Crippen molar-refractivity contribution < 1.29 is 13.9 Å². The lowest BCUT2D eigenvalue weighted by Gasteiger charge is -2.13. The van der Waals surface area contributed by atoms with E-state index in [0.717, 1.165) is 11.3 Å². The van der Waals surface area contributed by atoms with Gasteiger partial charge in [0.05, 0.1) is 7.11 Å². The van der Waals surface area contributed by atoms with Gasteiger partial charge in [-0.1, -0.05) is 12.1 Å². The Morgan fingerprint density at radius 3 is 2.46 bits per heavy atom. The molecule has 3 rings (SSSR count). The second-order valence-electron chi connectivity index (χ2n) is 6.28. The Kier molecular flexibility index (Phi) is 5.84. The molecule has 28 heavy (non-hydrogen) atoms. The van der Waals surface area contributed by atoms with Gasteiger partial charge in [-0.05, 0) is 48.9 Å². The highest BCUT2D eigenvalue weighted by Gasteiger charge is 2.13. The van der Waals surface area contributed by atoms with Crippen LogP contribution in [0, 0.1) is 12.7 Å². The van der Waals surface area contributed by atoms with Crippen LogP contribution in [0.4, 0.5) is 4.39 Å². The Labute approximate surface area is 161 Å². The van der Waals surface area contributed by atoms with E-state index < -0.39 is 0 Å². The van der Waals surface area contributed by atoms with Crippen molar-refractivity contribution in [2.75, 3.05) is 7.11 Å². The van der Waals surface area contributed by atoms with Gasteiger partial charge in [-0.25, -0.2) is 9.37 Å². The summed E-state index contributed by atoms with van der Waals surface area (Å²) in [4.78, 5) is 29.2. The third-order valence-electron chi connectivity index (χ3n) is 4.19. The van der Waals surface area contributed by atoms with Crippen LogP contribution < -0.4 is 15.6 Å². The van der Waals surface area contributed by atoms with Crippen molar-refractivity contribution in [1.29, 1.82) is 0 Å². The summed E-state index contributed by atoms with van der Waals surface area (Å²) in [7, 11) is 1.59. The zero-order valence-electron chi connectivity index (χ0n) is 15.6. The first-order valence-electron chi connectivity index (χ1n) is 8.70. The van der Waals surface area contributed by atoms with Gasteiger partial charge in [-0.15, -0.1) is 0 Å². The standard InChI is InChI=1S/C21H20FN3O3/c1-14-11-20(27)25(21(24-14)16-5-7-17(22)8-6-16)13-19(26)23-12-15-3-9-18(28-2)10-4-15/h3-11H,12-13H2,1-2H3,(H,23,26). The lowest BCUT2D eigenvalue weighted by Crippen LogP contribution is -2.33. The van der Waals surface area contributed by atoms with E-state index in [2.05, 4.69) is 10.3 Å². The molecule has 6 nitrogen and oxygen atoms in total. The van der Waals surface area contributed by atoms with Crippen molar-refractivity contribution in [2.24, 2.45) is 0 Å². The van der Waals surface area contributed by atoms with Crippen molar-refractivity contribution >= 4 is 5.91 Å². The smallest absolute Gasteiger partial charge is 0.254 e. The summed E-state index contributed by atoms with van der Waals surface area (Å²) in [5.41, 5.74) is 1.65. The van der Waals surface area contributed by atoms with Gasteiger partial charge in [0, 0.05) is 23.9 Å². The zero-order chi connectivity index (χ0) is 20.1. The maximum absolute atomic E-state index is 13.2. The van der Waals surface area contributed by atoms with Gasteiger partial charge in [-0.2, -0.15) is 0 Å². The van der Waals surface area contributed by atoms with E-state index in [4.69, 9.17) is 4.74 Å². The minimum absolute atomic E-state index is 0.186. The van der Waals surface area contributed by atoms with E-state index in [1.807, 2.05) is 24.3 Å². The number of carbonyl (C=O) groups excluding carboxylic acids is 1. The molecular formula is C21H20FN3O3. The Bertz CT molecular complexity index is 1030. The fourth-order valence-corrected chi connectivity index (χ4v) is 2.74. The molecule has 0 aliphatic rings. The predicted octanol–water partition coefficient (Wildman–Crippen LogP) is 2.68. The molecule has 1 heterocycles. The van der Waals surface area contributed by atoms with Crippen LogP contribution in [0.2, 0.25) is 0 Å². The molecular weight excluding hydrogens is 361 g/mol. The molecule has 7 heteroatoms. The predicted molar refractivity (Wildman–Crippen MR) is 103 cm³/mol. The number of hydrogen-bond donors (Lipinski definition) is 1. The van der Waals surface area contributed by atoms with Crippen molar-refractivity contribution in [2.45, 2.75) is 20.0 Å². The quantitative estimate of drug-likeness (QED) is 0.713. The van der Waals surface area contributed by atoms with Gasteiger partial charge < -0.3 is 10.1 Å². The van der Waals surface area contributed by atoms with Crippen LogP contribution >= 0.6 is 0 Å². The van der Waals surface area contributed by atoms with E-state index >= 15 is 0 Å². The number of rotatable bonds is 6. The second-order valence-corrected chi connectivity index (χ2v) is 6.28. The first-order valence-corrected chi connectivity index (χ1v) is 8.70. The fraction of sp³-hybridized carbons (Fsp3) is 0.190. The summed E-state index contributed by atoms with van der Waals surface area (Å²) in [6.45, 7) is 1.83. The van der Waals surface area contributed by atoms with Gasteiger partial charge in [0.25, 0.3) is 5.56 Å². The number of amides is 1. The van der Waals surface area contributed by atoms with Gasteiger partial charge in [0.2, 0.25) is 5.91 Å². The minimum Gasteiger partial charge on any atom is -0.497 e. The lowest BCUT2D eigenvalue weighted by atomic mass is 10.2. The molecule has 1 amide bonds. The first-order chi connectivity index (χ1) is 13.5. The van der Waals surface area contributed by atoms with Crippen molar-refractivity contribution in [3.05, 3.63) is 82.0 Å². The zero-order valence-corrected chi connectivity index (χ0v) is 15.6. The monoisotopic (exact) mass is 381 g/mol. The molecule has 0 atom stereocenters. The van der Waals surface area contributed by atoms with Crippen molar-refractivity contribution in [1.82, 2.24) is 14.9 Å². The molecule has 0 radical (unpaired) electrons. The SMILES string of the molecule is COc1ccc(CNC(=O)Cn2c(-c3ccc(F)cc3)nc(C)cc2=O)cc1. The molecule has 0 aliphatic heterocycles. The molecule has 1 aromatic heterocycles. The Morgan fingerprint density at radius 1 is 1.14 bits per heavy atom. The molecule has 0 unspecified atom stereocenters. The molecule has 0 saturated carbocycles. The number of hydrogen-bond acceptors (Lipinski definition) is 4. The average molecular weight is 381 g/mol. The normalized spacial score (nSPS) is 10.5. The largest absolute Gasteiger partial charge is 0.497 e. The van der Waals surface area contributed by atoms with E-state index in [-0.39, 0.29) is 23.8 Å². The first kappa shape index (κ1) is 19.3. The number of halogens is 1. The number of aryl methyl sites for hydroxylation is 1. The summed E-state index contributed by atoms with van der Waals surface area (Å²) < 4.78 is 19.6. The summed E-state index contributed by atoms with van der Waals surface area (Å²) >= 11 is 0. The van der Waals surface area contributed by atoms with Crippen LogP contribution in [-0.2, 0) is 17.9 Å². The van der Waals surface area contributed by atoms with Crippen molar-refractivity contribution in [3.63, 3.8) is 0 Å². The molecule has 0 saturated heterocycles. The van der Waals surface area contributed by atoms with Crippen LogP contribution in [0.3, 0.4) is 0 Å². The molecule has 0 spiro atoms. The lowest BCUT2D eigenvalue weighted by molar-refractivity contribution is -0.121. The molecule has 1 N–H and O–H groups in total. The van der Waals surface area contributed by atoms with Gasteiger partial charge >= 0.3 is 0 Å². The summed E-state index contributed by atoms with van der Waals surface area (Å²) in [6, 6.07) is 14.3. The highest BCUT2D eigenvalue weighted by atomic mass is 19.1. The van der Waals surface area contributed by atoms with E-state index in [0.29, 0.717) is 23.6 Å². The molecule has 0 bridgehead atoms. The third-order valence-corrected chi connectivity index (χ3v) is 4.19. The van der Waals surface area contributed by atoms with Gasteiger partial charge in [0.1, 0.15) is 23.9 Å². The van der Waals surface area contributed by atoms with Gasteiger partial charge in [0.15, 0.2) is 0 Å². The van der Waals surface area contributed by atoms with E-state index in [9.17, 15) is 14.0 Å². The summed E-state index contributed by atoms with van der Waals surface area (Å²) in [6.07, 6.45) is 0. The highest BCUT2D eigenvalue weighted by Crippen LogP contribution is 2.17. The number of benzene rings is 2. The molecule has 0 fully saturated rings. The topological polar surface area (TPSA) is 73.2 Å². The molecule has 3 aromatic rings.